The molecule has 3 aromatic carbocycles. The third-order valence-electron chi connectivity index (χ3n) is 6.48. The van der Waals surface area contributed by atoms with Gasteiger partial charge in [-0.25, -0.2) is 0 Å². The van der Waals surface area contributed by atoms with E-state index in [0.717, 1.165) is 34.3 Å². The lowest BCUT2D eigenvalue weighted by Crippen LogP contribution is -2.27. The van der Waals surface area contributed by atoms with Crippen molar-refractivity contribution in [2.75, 3.05) is 6.54 Å². The van der Waals surface area contributed by atoms with Gasteiger partial charge in [0, 0.05) is 65.9 Å². The van der Waals surface area contributed by atoms with Crippen molar-refractivity contribution in [3.8, 4) is 0 Å². The Morgan fingerprint density at radius 2 is 1.64 bits per heavy atom. The summed E-state index contributed by atoms with van der Waals surface area (Å²) in [6.07, 6.45) is 5.04. The van der Waals surface area contributed by atoms with Crippen LogP contribution in [0.2, 0.25) is 5.02 Å². The number of hydrogen-bond donors (Lipinski definition) is 1. The summed E-state index contributed by atoms with van der Waals surface area (Å²) in [5.74, 6) is -0.0789. The minimum Gasteiger partial charge on any atom is -0.356 e. The zero-order chi connectivity index (χ0) is 24.7. The van der Waals surface area contributed by atoms with Gasteiger partial charge >= 0.3 is 0 Å². The van der Waals surface area contributed by atoms with E-state index in [1.165, 1.54) is 5.56 Å². The van der Waals surface area contributed by atoms with Crippen LogP contribution in [0.5, 0.6) is 0 Å². The van der Waals surface area contributed by atoms with E-state index in [9.17, 15) is 4.79 Å². The Labute approximate surface area is 216 Å². The molecule has 0 fully saturated rings. The molecule has 4 nitrogen and oxygen atoms in total. The Morgan fingerprint density at radius 1 is 0.889 bits per heavy atom. The molecule has 1 amide bonds. The van der Waals surface area contributed by atoms with Gasteiger partial charge in [0.25, 0.3) is 0 Å². The number of rotatable bonds is 9. The molecule has 0 saturated heterocycles. The van der Waals surface area contributed by atoms with E-state index < -0.39 is 0 Å². The van der Waals surface area contributed by atoms with Crippen LogP contribution in [0.1, 0.15) is 34.7 Å². The molecule has 1 atom stereocenters. The van der Waals surface area contributed by atoms with Crippen LogP contribution in [0.3, 0.4) is 0 Å². The highest BCUT2D eigenvalue weighted by Crippen LogP contribution is 2.35. The van der Waals surface area contributed by atoms with Crippen molar-refractivity contribution in [1.82, 2.24) is 14.9 Å². The first kappa shape index (κ1) is 23.8. The molecule has 1 unspecified atom stereocenters. The first-order valence-electron chi connectivity index (χ1n) is 12.2. The van der Waals surface area contributed by atoms with Crippen molar-refractivity contribution in [3.63, 3.8) is 0 Å². The van der Waals surface area contributed by atoms with Crippen LogP contribution in [-0.2, 0) is 17.8 Å². The fourth-order valence-electron chi connectivity index (χ4n) is 4.70. The monoisotopic (exact) mass is 493 g/mol. The van der Waals surface area contributed by atoms with Gasteiger partial charge in [-0.05, 0) is 47.0 Å². The number of para-hydroxylation sites is 1. The summed E-state index contributed by atoms with van der Waals surface area (Å²) in [5, 5.41) is 4.94. The number of benzene rings is 3. The average molecular weight is 494 g/mol. The zero-order valence-corrected chi connectivity index (χ0v) is 20.7. The van der Waals surface area contributed by atoms with Crippen LogP contribution in [0.4, 0.5) is 0 Å². The van der Waals surface area contributed by atoms with Crippen molar-refractivity contribution in [2.45, 2.75) is 25.3 Å². The molecule has 0 aliphatic carbocycles. The van der Waals surface area contributed by atoms with Crippen LogP contribution in [0.25, 0.3) is 10.9 Å². The summed E-state index contributed by atoms with van der Waals surface area (Å²) in [7, 11) is 0. The van der Waals surface area contributed by atoms with Crippen LogP contribution in [0.15, 0.2) is 109 Å². The normalized spacial score (nSPS) is 11.9. The van der Waals surface area contributed by atoms with Crippen LogP contribution in [0, 0.1) is 0 Å². The molecule has 5 heteroatoms. The predicted octanol–water partition coefficient (Wildman–Crippen LogP) is 6.62. The SMILES string of the molecule is O=C(CC(c1ccc(Cl)cc1)c1cn(Cc2ccccc2)c2ccccc12)NCCc1ccccn1. The van der Waals surface area contributed by atoms with E-state index in [2.05, 4.69) is 69.6 Å². The smallest absolute Gasteiger partial charge is 0.220 e. The highest BCUT2D eigenvalue weighted by Gasteiger charge is 2.23. The minimum absolute atomic E-state index is 0.0192. The molecule has 2 heterocycles. The van der Waals surface area contributed by atoms with Gasteiger partial charge in [0.1, 0.15) is 0 Å². The maximum Gasteiger partial charge on any atom is 0.220 e. The standard InChI is InChI=1S/C31H28ClN3O/c32-25-15-13-24(14-16-25)28(20-31(36)34-19-17-26-10-6-7-18-33-26)29-22-35(21-23-8-2-1-3-9-23)30-12-5-4-11-27(29)30/h1-16,18,22,28H,17,19-21H2,(H,34,36). The first-order chi connectivity index (χ1) is 17.7. The Kier molecular flexibility index (Phi) is 7.44. The van der Waals surface area contributed by atoms with Gasteiger partial charge in [-0.2, -0.15) is 0 Å². The number of halogens is 1. The molecule has 0 spiro atoms. The van der Waals surface area contributed by atoms with Crippen molar-refractivity contribution < 1.29 is 4.79 Å². The van der Waals surface area contributed by atoms with Gasteiger partial charge in [-0.1, -0.05) is 78.3 Å². The number of nitrogens with one attached hydrogen (secondary N) is 1. The van der Waals surface area contributed by atoms with Gasteiger partial charge in [-0.15, -0.1) is 0 Å². The molecule has 2 aromatic heterocycles. The number of amides is 1. The summed E-state index contributed by atoms with van der Waals surface area (Å²) in [6, 6.07) is 32.5. The lowest BCUT2D eigenvalue weighted by atomic mass is 9.88. The molecule has 180 valence electrons. The summed E-state index contributed by atoms with van der Waals surface area (Å²) in [4.78, 5) is 17.5. The third kappa shape index (κ3) is 5.67. The maximum atomic E-state index is 13.1. The summed E-state index contributed by atoms with van der Waals surface area (Å²) in [6.45, 7) is 1.32. The fraction of sp³-hybridized carbons (Fsp3) is 0.161. The van der Waals surface area contributed by atoms with Gasteiger partial charge < -0.3 is 9.88 Å². The number of pyridine rings is 1. The van der Waals surface area contributed by atoms with Crippen molar-refractivity contribution in [2.24, 2.45) is 0 Å². The highest BCUT2D eigenvalue weighted by atomic mass is 35.5. The van der Waals surface area contributed by atoms with E-state index in [4.69, 9.17) is 11.6 Å². The molecule has 0 aliphatic rings. The molecule has 1 N–H and O–H groups in total. The Morgan fingerprint density at radius 3 is 2.42 bits per heavy atom. The second kappa shape index (κ2) is 11.2. The van der Waals surface area contributed by atoms with Crippen LogP contribution >= 0.6 is 11.6 Å². The average Bonchev–Trinajstić information content (AvgIpc) is 3.27. The summed E-state index contributed by atoms with van der Waals surface area (Å²) >= 11 is 6.19. The Bertz CT molecular complexity index is 1430. The third-order valence-corrected chi connectivity index (χ3v) is 6.73. The van der Waals surface area contributed by atoms with Crippen molar-refractivity contribution in [1.29, 1.82) is 0 Å². The van der Waals surface area contributed by atoms with Crippen molar-refractivity contribution in [3.05, 3.63) is 137 Å². The molecule has 0 bridgehead atoms. The number of hydrogen-bond acceptors (Lipinski definition) is 2. The van der Waals surface area contributed by atoms with Crippen LogP contribution in [-0.4, -0.2) is 22.0 Å². The van der Waals surface area contributed by atoms with Gasteiger partial charge in [0.15, 0.2) is 0 Å². The lowest BCUT2D eigenvalue weighted by Gasteiger charge is -2.17. The second-order valence-electron chi connectivity index (χ2n) is 8.94. The van der Waals surface area contributed by atoms with E-state index in [1.54, 1.807) is 6.20 Å². The Hall–Kier alpha value is -3.89. The molecule has 0 radical (unpaired) electrons. The molecule has 5 rings (SSSR count). The van der Waals surface area contributed by atoms with Gasteiger partial charge in [-0.3, -0.25) is 9.78 Å². The second-order valence-corrected chi connectivity index (χ2v) is 9.38. The Balaban J connectivity index is 1.44. The molecule has 0 aliphatic heterocycles. The number of carbonyl (C=O) groups is 1. The van der Waals surface area contributed by atoms with E-state index in [-0.39, 0.29) is 11.8 Å². The quantitative estimate of drug-likeness (QED) is 0.251. The molecule has 0 saturated carbocycles. The number of carbonyl (C=O) groups excluding carboxylic acids is 1. The van der Waals surface area contributed by atoms with Crippen LogP contribution < -0.4 is 5.32 Å². The lowest BCUT2D eigenvalue weighted by molar-refractivity contribution is -0.121. The van der Waals surface area contributed by atoms with Crippen molar-refractivity contribution >= 4 is 28.4 Å². The topological polar surface area (TPSA) is 46.9 Å². The number of nitrogens with zero attached hydrogens (tertiary/aromatic N) is 2. The summed E-state index contributed by atoms with van der Waals surface area (Å²) in [5.41, 5.74) is 5.58. The number of aromatic nitrogens is 2. The van der Waals surface area contributed by atoms with E-state index in [1.807, 2.05) is 48.5 Å². The van der Waals surface area contributed by atoms with Gasteiger partial charge in [0.2, 0.25) is 5.91 Å². The maximum absolute atomic E-state index is 13.1. The molecule has 5 aromatic rings. The minimum atomic E-state index is -0.0981. The zero-order valence-electron chi connectivity index (χ0n) is 20.0. The molecular weight excluding hydrogens is 466 g/mol. The largest absolute Gasteiger partial charge is 0.356 e. The first-order valence-corrected chi connectivity index (χ1v) is 12.6. The van der Waals surface area contributed by atoms with Gasteiger partial charge in [0.05, 0.1) is 0 Å². The number of fused-ring (bicyclic) bond motifs is 1. The molecular formula is C31H28ClN3O. The van der Waals surface area contributed by atoms with E-state index in [0.29, 0.717) is 24.4 Å². The fourth-order valence-corrected chi connectivity index (χ4v) is 4.83. The highest BCUT2D eigenvalue weighted by molar-refractivity contribution is 6.30. The summed E-state index contributed by atoms with van der Waals surface area (Å²) < 4.78 is 2.28. The predicted molar refractivity (Wildman–Crippen MR) is 146 cm³/mol. The van der Waals surface area contributed by atoms with E-state index >= 15 is 0 Å². The molecule has 36 heavy (non-hydrogen) atoms.